The molecule has 1 aromatic carbocycles. The minimum Gasteiger partial charge on any atom is -0.381 e. The van der Waals surface area contributed by atoms with E-state index in [0.717, 1.165) is 42.6 Å². The first kappa shape index (κ1) is 14.1. The molecule has 2 rings (SSSR count). The number of rotatable bonds is 3. The highest BCUT2D eigenvalue weighted by molar-refractivity contribution is 9.10. The van der Waals surface area contributed by atoms with Gasteiger partial charge in [-0.25, -0.2) is 0 Å². The molecule has 0 aliphatic carbocycles. The lowest BCUT2D eigenvalue weighted by Gasteiger charge is -2.33. The van der Waals surface area contributed by atoms with Crippen LogP contribution < -0.4 is 11.1 Å². The van der Waals surface area contributed by atoms with Gasteiger partial charge in [-0.3, -0.25) is 0 Å². The summed E-state index contributed by atoms with van der Waals surface area (Å²) in [6.45, 7) is 2.20. The summed E-state index contributed by atoms with van der Waals surface area (Å²) < 4.78 is 6.40. The molecule has 1 aliphatic rings. The van der Waals surface area contributed by atoms with Gasteiger partial charge in [0, 0.05) is 29.9 Å². The summed E-state index contributed by atoms with van der Waals surface area (Å²) in [4.78, 5) is 0. The standard InChI is InChI=1S/C13H18BrClN2O/c14-11-8-10(2-3-12(11)15)17-13(9-16)4-1-6-18-7-5-13/h2-3,8,17H,1,4-7,9,16H2. The molecule has 0 saturated carbocycles. The molecule has 1 fully saturated rings. The van der Waals surface area contributed by atoms with Crippen molar-refractivity contribution >= 4 is 33.2 Å². The molecule has 1 atom stereocenters. The third-order valence-electron chi connectivity index (χ3n) is 3.39. The Morgan fingerprint density at radius 2 is 2.22 bits per heavy atom. The van der Waals surface area contributed by atoms with Crippen LogP contribution in [0.4, 0.5) is 5.69 Å². The maximum atomic E-state index is 6.00. The van der Waals surface area contributed by atoms with Crippen LogP contribution >= 0.6 is 27.5 Å². The molecule has 3 N–H and O–H groups in total. The van der Waals surface area contributed by atoms with Crippen molar-refractivity contribution in [3.63, 3.8) is 0 Å². The fourth-order valence-corrected chi connectivity index (χ4v) is 2.76. The van der Waals surface area contributed by atoms with Crippen LogP contribution in [0.2, 0.25) is 5.02 Å². The molecule has 0 bridgehead atoms. The zero-order valence-corrected chi connectivity index (χ0v) is 12.6. The van der Waals surface area contributed by atoms with Gasteiger partial charge in [0.25, 0.3) is 0 Å². The summed E-state index contributed by atoms with van der Waals surface area (Å²) in [5.41, 5.74) is 6.94. The Hall–Kier alpha value is -0.290. The Balaban J connectivity index is 2.15. The van der Waals surface area contributed by atoms with Crippen molar-refractivity contribution in [2.75, 3.05) is 25.1 Å². The van der Waals surface area contributed by atoms with Gasteiger partial charge in [-0.2, -0.15) is 0 Å². The van der Waals surface area contributed by atoms with E-state index in [-0.39, 0.29) is 5.54 Å². The molecule has 1 saturated heterocycles. The zero-order valence-electron chi connectivity index (χ0n) is 10.2. The van der Waals surface area contributed by atoms with E-state index in [9.17, 15) is 0 Å². The molecule has 0 spiro atoms. The minimum atomic E-state index is -0.0657. The fourth-order valence-electron chi connectivity index (χ4n) is 2.27. The SMILES string of the molecule is NCC1(Nc2ccc(Cl)c(Br)c2)CCCOCC1. The van der Waals surface area contributed by atoms with Crippen molar-refractivity contribution in [3.8, 4) is 0 Å². The van der Waals surface area contributed by atoms with Crippen LogP contribution in [0.3, 0.4) is 0 Å². The van der Waals surface area contributed by atoms with E-state index >= 15 is 0 Å². The average Bonchev–Trinajstić information content (AvgIpc) is 2.60. The van der Waals surface area contributed by atoms with Crippen LogP contribution in [0, 0.1) is 0 Å². The Morgan fingerprint density at radius 1 is 1.39 bits per heavy atom. The van der Waals surface area contributed by atoms with Crippen LogP contribution in [0.15, 0.2) is 22.7 Å². The van der Waals surface area contributed by atoms with E-state index in [0.29, 0.717) is 11.6 Å². The molecule has 100 valence electrons. The Labute approximate surface area is 121 Å². The van der Waals surface area contributed by atoms with Crippen molar-refractivity contribution in [3.05, 3.63) is 27.7 Å². The predicted octanol–water partition coefficient (Wildman–Crippen LogP) is 3.41. The summed E-state index contributed by atoms with van der Waals surface area (Å²) in [6.07, 6.45) is 3.01. The van der Waals surface area contributed by atoms with Gasteiger partial charge in [-0.1, -0.05) is 11.6 Å². The van der Waals surface area contributed by atoms with E-state index in [4.69, 9.17) is 22.1 Å². The highest BCUT2D eigenvalue weighted by atomic mass is 79.9. The lowest BCUT2D eigenvalue weighted by Crippen LogP contribution is -2.45. The van der Waals surface area contributed by atoms with Crippen LogP contribution in [-0.2, 0) is 4.74 Å². The van der Waals surface area contributed by atoms with Gasteiger partial charge in [-0.05, 0) is 53.4 Å². The number of ether oxygens (including phenoxy) is 1. The number of nitrogens with one attached hydrogen (secondary N) is 1. The minimum absolute atomic E-state index is 0.0657. The van der Waals surface area contributed by atoms with Gasteiger partial charge in [-0.15, -0.1) is 0 Å². The lowest BCUT2D eigenvalue weighted by atomic mass is 9.90. The topological polar surface area (TPSA) is 47.3 Å². The number of nitrogens with two attached hydrogens (primary N) is 1. The third-order valence-corrected chi connectivity index (χ3v) is 4.60. The molecule has 0 amide bonds. The second-order valence-electron chi connectivity index (χ2n) is 4.70. The van der Waals surface area contributed by atoms with Gasteiger partial charge < -0.3 is 15.8 Å². The van der Waals surface area contributed by atoms with Gasteiger partial charge >= 0.3 is 0 Å². The number of halogens is 2. The van der Waals surface area contributed by atoms with Crippen LogP contribution in [0.5, 0.6) is 0 Å². The number of anilines is 1. The van der Waals surface area contributed by atoms with Crippen molar-refractivity contribution in [1.82, 2.24) is 0 Å². The fraction of sp³-hybridized carbons (Fsp3) is 0.538. The van der Waals surface area contributed by atoms with Crippen molar-refractivity contribution in [1.29, 1.82) is 0 Å². The van der Waals surface area contributed by atoms with E-state index < -0.39 is 0 Å². The van der Waals surface area contributed by atoms with Gasteiger partial charge in [0.2, 0.25) is 0 Å². The second kappa shape index (κ2) is 6.24. The van der Waals surface area contributed by atoms with E-state index in [1.165, 1.54) is 0 Å². The maximum absolute atomic E-state index is 6.00. The quantitative estimate of drug-likeness (QED) is 0.891. The smallest absolute Gasteiger partial charge is 0.0549 e. The van der Waals surface area contributed by atoms with E-state index in [1.807, 2.05) is 18.2 Å². The molecular weight excluding hydrogens is 316 g/mol. The third kappa shape index (κ3) is 3.38. The molecule has 3 nitrogen and oxygen atoms in total. The average molecular weight is 334 g/mol. The van der Waals surface area contributed by atoms with Crippen LogP contribution in [0.25, 0.3) is 0 Å². The lowest BCUT2D eigenvalue weighted by molar-refractivity contribution is 0.141. The van der Waals surface area contributed by atoms with Gasteiger partial charge in [0.1, 0.15) is 0 Å². The molecule has 1 unspecified atom stereocenters. The zero-order chi connectivity index (χ0) is 13.0. The number of hydrogen-bond donors (Lipinski definition) is 2. The van der Waals surface area contributed by atoms with E-state index in [2.05, 4.69) is 21.2 Å². The normalized spacial score (nSPS) is 24.6. The molecule has 1 heterocycles. The summed E-state index contributed by atoms with van der Waals surface area (Å²) >= 11 is 9.44. The van der Waals surface area contributed by atoms with E-state index in [1.54, 1.807) is 0 Å². The Bertz CT molecular complexity index is 406. The highest BCUT2D eigenvalue weighted by Gasteiger charge is 2.29. The first-order valence-electron chi connectivity index (χ1n) is 6.16. The first-order chi connectivity index (χ1) is 8.65. The molecule has 1 aliphatic heterocycles. The van der Waals surface area contributed by atoms with Crippen LogP contribution in [-0.4, -0.2) is 25.3 Å². The molecule has 18 heavy (non-hydrogen) atoms. The van der Waals surface area contributed by atoms with Crippen molar-refractivity contribution in [2.24, 2.45) is 5.73 Å². The molecular formula is C13H18BrClN2O. The molecule has 0 radical (unpaired) electrons. The first-order valence-corrected chi connectivity index (χ1v) is 7.33. The number of benzene rings is 1. The Kier molecular flexibility index (Phi) is 4.90. The maximum Gasteiger partial charge on any atom is 0.0549 e. The van der Waals surface area contributed by atoms with Crippen molar-refractivity contribution < 1.29 is 4.74 Å². The summed E-state index contributed by atoms with van der Waals surface area (Å²) in [7, 11) is 0. The second-order valence-corrected chi connectivity index (χ2v) is 5.97. The predicted molar refractivity (Wildman–Crippen MR) is 79.2 cm³/mol. The van der Waals surface area contributed by atoms with Crippen molar-refractivity contribution in [2.45, 2.75) is 24.8 Å². The Morgan fingerprint density at radius 3 is 2.94 bits per heavy atom. The largest absolute Gasteiger partial charge is 0.381 e. The summed E-state index contributed by atoms with van der Waals surface area (Å²) in [5, 5.41) is 4.27. The number of hydrogen-bond acceptors (Lipinski definition) is 3. The van der Waals surface area contributed by atoms with Gasteiger partial charge in [0.05, 0.1) is 10.6 Å². The highest BCUT2D eigenvalue weighted by Crippen LogP contribution is 2.30. The molecule has 5 heteroatoms. The van der Waals surface area contributed by atoms with Crippen LogP contribution in [0.1, 0.15) is 19.3 Å². The molecule has 1 aromatic rings. The van der Waals surface area contributed by atoms with Gasteiger partial charge in [0.15, 0.2) is 0 Å². The monoisotopic (exact) mass is 332 g/mol. The molecule has 0 aromatic heterocycles. The summed E-state index contributed by atoms with van der Waals surface area (Å²) in [5.74, 6) is 0. The summed E-state index contributed by atoms with van der Waals surface area (Å²) in [6, 6.07) is 5.85.